The molecule has 0 aliphatic carbocycles. The first-order valence-corrected chi connectivity index (χ1v) is 9.89. The van der Waals surface area contributed by atoms with Crippen molar-refractivity contribution in [3.63, 3.8) is 0 Å². The Balaban J connectivity index is 1.66. The number of carbonyl (C=O) groups is 1. The molecule has 8 nitrogen and oxygen atoms in total. The zero-order chi connectivity index (χ0) is 19.7. The van der Waals surface area contributed by atoms with E-state index in [-0.39, 0.29) is 5.91 Å². The number of aromatic amines is 1. The number of carbonyl (C=O) groups excluding carboxylic acids is 1. The van der Waals surface area contributed by atoms with Crippen LogP contribution in [-0.4, -0.2) is 42.4 Å². The van der Waals surface area contributed by atoms with Gasteiger partial charge in [-0.15, -0.1) is 10.2 Å². The molecular weight excluding hydrogens is 400 g/mol. The molecule has 0 bridgehead atoms. The number of hydrogen-bond donors (Lipinski definition) is 2. The molecule has 1 amide bonds. The lowest BCUT2D eigenvalue weighted by Crippen LogP contribution is -2.11. The minimum Gasteiger partial charge on any atom is -0.496 e. The third-order valence-electron chi connectivity index (χ3n) is 4.10. The predicted octanol–water partition coefficient (Wildman–Crippen LogP) is 4.03. The molecule has 3 heterocycles. The van der Waals surface area contributed by atoms with Crippen molar-refractivity contribution in [2.24, 2.45) is 0 Å². The number of anilines is 1. The van der Waals surface area contributed by atoms with Crippen molar-refractivity contribution in [1.82, 2.24) is 15.2 Å². The Kier molecular flexibility index (Phi) is 4.88. The van der Waals surface area contributed by atoms with E-state index in [2.05, 4.69) is 20.5 Å². The normalized spacial score (nSPS) is 10.8. The van der Waals surface area contributed by atoms with E-state index in [1.165, 1.54) is 18.4 Å². The molecule has 0 atom stereocenters. The van der Waals surface area contributed by atoms with Gasteiger partial charge in [0.15, 0.2) is 11.5 Å². The molecule has 0 fully saturated rings. The van der Waals surface area contributed by atoms with Crippen molar-refractivity contribution in [1.29, 1.82) is 0 Å². The Morgan fingerprint density at radius 1 is 1.11 bits per heavy atom. The van der Waals surface area contributed by atoms with Crippen LogP contribution in [0.5, 0.6) is 17.2 Å². The third-order valence-corrected chi connectivity index (χ3v) is 5.67. The number of aromatic nitrogens is 3. The third kappa shape index (κ3) is 3.16. The van der Waals surface area contributed by atoms with Gasteiger partial charge in [-0.25, -0.2) is 0 Å². The van der Waals surface area contributed by atoms with Gasteiger partial charge in [-0.1, -0.05) is 11.3 Å². The van der Waals surface area contributed by atoms with Crippen LogP contribution in [0.3, 0.4) is 0 Å². The van der Waals surface area contributed by atoms with Crippen LogP contribution >= 0.6 is 22.7 Å². The number of nitrogens with zero attached hydrogens (tertiary/aromatic N) is 2. The summed E-state index contributed by atoms with van der Waals surface area (Å²) in [5.74, 6) is 1.23. The van der Waals surface area contributed by atoms with Crippen LogP contribution in [0.15, 0.2) is 29.0 Å². The number of fused-ring (bicyclic) bond motifs is 1. The molecule has 0 unspecified atom stereocenters. The summed E-state index contributed by atoms with van der Waals surface area (Å²) in [7, 11) is 4.64. The number of nitrogens with one attached hydrogen (secondary N) is 2. The molecule has 4 aromatic rings. The van der Waals surface area contributed by atoms with Crippen LogP contribution in [0.2, 0.25) is 0 Å². The summed E-state index contributed by atoms with van der Waals surface area (Å²) < 4.78 is 16.2. The maximum atomic E-state index is 12.7. The van der Waals surface area contributed by atoms with Crippen LogP contribution in [0.1, 0.15) is 10.5 Å². The number of H-pyrrole nitrogens is 1. The van der Waals surface area contributed by atoms with Gasteiger partial charge in [-0.3, -0.25) is 10.1 Å². The van der Waals surface area contributed by atoms with E-state index in [1.54, 1.807) is 37.7 Å². The first-order chi connectivity index (χ1) is 13.6. The summed E-state index contributed by atoms with van der Waals surface area (Å²) in [6, 6.07) is 5.38. The number of methoxy groups -OCH3 is 3. The molecule has 0 aliphatic rings. The van der Waals surface area contributed by atoms with Crippen molar-refractivity contribution < 1.29 is 19.0 Å². The smallest absolute Gasteiger partial charge is 0.273 e. The zero-order valence-corrected chi connectivity index (χ0v) is 16.9. The Morgan fingerprint density at radius 2 is 1.93 bits per heavy atom. The van der Waals surface area contributed by atoms with E-state index in [4.69, 9.17) is 14.2 Å². The second kappa shape index (κ2) is 7.49. The molecule has 1 aromatic carbocycles. The summed E-state index contributed by atoms with van der Waals surface area (Å²) in [5.41, 5.74) is 1.93. The number of hydrogen-bond acceptors (Lipinski definition) is 8. The molecule has 0 saturated carbocycles. The monoisotopic (exact) mass is 416 g/mol. The number of amides is 1. The minimum atomic E-state index is -0.340. The maximum absolute atomic E-state index is 12.7. The maximum Gasteiger partial charge on any atom is 0.273 e. The predicted molar refractivity (Wildman–Crippen MR) is 109 cm³/mol. The van der Waals surface area contributed by atoms with Gasteiger partial charge < -0.3 is 19.2 Å². The lowest BCUT2D eigenvalue weighted by Gasteiger charge is -2.11. The largest absolute Gasteiger partial charge is 0.496 e. The van der Waals surface area contributed by atoms with Gasteiger partial charge in [0.25, 0.3) is 5.91 Å². The molecule has 0 saturated heterocycles. The fourth-order valence-corrected chi connectivity index (χ4v) is 4.25. The number of thiophene rings is 1. The highest BCUT2D eigenvalue weighted by atomic mass is 32.1. The molecular formula is C18H16N4O4S2. The van der Waals surface area contributed by atoms with Gasteiger partial charge in [-0.2, -0.15) is 11.3 Å². The lowest BCUT2D eigenvalue weighted by atomic mass is 10.2. The highest BCUT2D eigenvalue weighted by Gasteiger charge is 2.20. The van der Waals surface area contributed by atoms with Gasteiger partial charge >= 0.3 is 0 Å². The molecule has 0 radical (unpaired) electrons. The van der Waals surface area contributed by atoms with Crippen molar-refractivity contribution >= 4 is 44.6 Å². The molecule has 3 aromatic heterocycles. The number of ether oxygens (including phenoxy) is 3. The fourth-order valence-electron chi connectivity index (χ4n) is 2.80. The van der Waals surface area contributed by atoms with Gasteiger partial charge in [0.05, 0.1) is 26.8 Å². The molecule has 0 spiro atoms. The van der Waals surface area contributed by atoms with Crippen LogP contribution in [0, 0.1) is 0 Å². The number of benzene rings is 1. The van der Waals surface area contributed by atoms with Gasteiger partial charge in [0.2, 0.25) is 5.13 Å². The quantitative estimate of drug-likeness (QED) is 0.492. The van der Waals surface area contributed by atoms with Gasteiger partial charge in [0, 0.05) is 22.4 Å². The second-order valence-corrected chi connectivity index (χ2v) is 7.42. The minimum absolute atomic E-state index is 0.340. The van der Waals surface area contributed by atoms with Crippen LogP contribution in [-0.2, 0) is 0 Å². The van der Waals surface area contributed by atoms with E-state index < -0.39 is 0 Å². The average Bonchev–Trinajstić information content (AvgIpc) is 3.45. The lowest BCUT2D eigenvalue weighted by molar-refractivity contribution is 0.102. The summed E-state index contributed by atoms with van der Waals surface area (Å²) in [6.45, 7) is 0. The first kappa shape index (κ1) is 18.3. The topological polar surface area (TPSA) is 98.4 Å². The van der Waals surface area contributed by atoms with Crippen molar-refractivity contribution in [3.8, 4) is 27.8 Å². The van der Waals surface area contributed by atoms with Crippen LogP contribution < -0.4 is 19.5 Å². The summed E-state index contributed by atoms with van der Waals surface area (Å²) in [5, 5.41) is 16.8. The van der Waals surface area contributed by atoms with Crippen LogP contribution in [0.4, 0.5) is 5.13 Å². The van der Waals surface area contributed by atoms with E-state index in [0.29, 0.717) is 39.0 Å². The highest BCUT2D eigenvalue weighted by Crippen LogP contribution is 2.41. The van der Waals surface area contributed by atoms with Gasteiger partial charge in [-0.05, 0) is 17.5 Å². The molecule has 28 heavy (non-hydrogen) atoms. The van der Waals surface area contributed by atoms with E-state index in [0.717, 1.165) is 10.6 Å². The summed E-state index contributed by atoms with van der Waals surface area (Å²) in [4.78, 5) is 15.8. The molecule has 2 N–H and O–H groups in total. The molecule has 144 valence electrons. The van der Waals surface area contributed by atoms with Gasteiger partial charge in [0.1, 0.15) is 16.5 Å². The molecule has 0 aliphatic heterocycles. The summed E-state index contributed by atoms with van der Waals surface area (Å²) in [6.07, 6.45) is 0. The fraction of sp³-hybridized carbons (Fsp3) is 0.167. The Hall–Kier alpha value is -3.11. The highest BCUT2D eigenvalue weighted by molar-refractivity contribution is 7.19. The molecule has 4 rings (SSSR count). The average molecular weight is 416 g/mol. The van der Waals surface area contributed by atoms with Crippen molar-refractivity contribution in [3.05, 3.63) is 34.7 Å². The number of rotatable bonds is 6. The SMILES string of the molecule is COc1cc(OC)c2cc(C(=O)Nc3nnc(-c4ccsc4)s3)[nH]c2c1OC. The first-order valence-electron chi connectivity index (χ1n) is 8.13. The Morgan fingerprint density at radius 3 is 2.61 bits per heavy atom. The second-order valence-electron chi connectivity index (χ2n) is 5.66. The van der Waals surface area contributed by atoms with Crippen molar-refractivity contribution in [2.45, 2.75) is 0 Å². The van der Waals surface area contributed by atoms with E-state index in [1.807, 2.05) is 16.8 Å². The van der Waals surface area contributed by atoms with Crippen LogP contribution in [0.25, 0.3) is 21.5 Å². The standard InChI is InChI=1S/C18H16N4O4S2/c1-24-12-7-13(25-2)15(26-3)14-10(12)6-11(19-14)16(23)20-18-22-21-17(28-18)9-4-5-27-8-9/h4-8,19H,1-3H3,(H,20,22,23). The Labute approximate surface area is 168 Å². The zero-order valence-electron chi connectivity index (χ0n) is 15.2. The van der Waals surface area contributed by atoms with E-state index >= 15 is 0 Å². The van der Waals surface area contributed by atoms with E-state index in [9.17, 15) is 4.79 Å². The molecule has 10 heteroatoms. The summed E-state index contributed by atoms with van der Waals surface area (Å²) >= 11 is 2.89. The van der Waals surface area contributed by atoms with Crippen molar-refractivity contribution in [2.75, 3.05) is 26.6 Å². The Bertz CT molecular complexity index is 1130.